The van der Waals surface area contributed by atoms with Crippen molar-refractivity contribution in [3.63, 3.8) is 0 Å². The molecule has 0 radical (unpaired) electrons. The van der Waals surface area contributed by atoms with Crippen LogP contribution in [-0.4, -0.2) is 24.7 Å². The Bertz CT molecular complexity index is 473. The molecule has 4 N–H and O–H groups in total. The number of nitrogen functional groups attached to an aromatic ring is 1. The Morgan fingerprint density at radius 1 is 1.53 bits per heavy atom. The van der Waals surface area contributed by atoms with Crippen molar-refractivity contribution in [1.82, 2.24) is 5.32 Å². The quantitative estimate of drug-likeness (QED) is 0.585. The van der Waals surface area contributed by atoms with E-state index in [4.69, 9.17) is 22.2 Å². The summed E-state index contributed by atoms with van der Waals surface area (Å²) in [5, 5.41) is 3.49. The molecule has 0 spiro atoms. The summed E-state index contributed by atoms with van der Waals surface area (Å²) in [6.07, 6.45) is 1.83. The van der Waals surface area contributed by atoms with Gasteiger partial charge in [0.05, 0.1) is 23.4 Å². The normalized spacial score (nSPS) is 22.9. The Kier molecular flexibility index (Phi) is 4.29. The highest BCUT2D eigenvalue weighted by Gasteiger charge is 2.30. The number of nitrogens with one attached hydrogen (secondary N) is 2. The molecule has 6 heteroatoms. The first-order chi connectivity index (χ1) is 9.04. The lowest BCUT2D eigenvalue weighted by Gasteiger charge is -2.34. The maximum absolute atomic E-state index is 12.3. The molecule has 0 bridgehead atoms. The molecule has 19 heavy (non-hydrogen) atoms. The summed E-state index contributed by atoms with van der Waals surface area (Å²) in [6, 6.07) is 4.95. The molecule has 104 valence electrons. The lowest BCUT2D eigenvalue weighted by atomic mass is 9.94. The smallest absolute Gasteiger partial charge is 0.253 e. The van der Waals surface area contributed by atoms with E-state index < -0.39 is 0 Å². The molecule has 1 fully saturated rings. The van der Waals surface area contributed by atoms with Gasteiger partial charge in [0.25, 0.3) is 5.91 Å². The molecule has 1 unspecified atom stereocenters. The Hall–Kier alpha value is -1.30. The fraction of sp³-hybridized carbons (Fsp3) is 0.462. The van der Waals surface area contributed by atoms with Crippen molar-refractivity contribution in [2.75, 3.05) is 18.6 Å². The van der Waals surface area contributed by atoms with Gasteiger partial charge in [-0.1, -0.05) is 11.6 Å². The van der Waals surface area contributed by atoms with Crippen molar-refractivity contribution < 1.29 is 9.53 Å². The summed E-state index contributed by atoms with van der Waals surface area (Å²) in [6.45, 7) is 3.24. The standard InChI is InChI=1S/C13H18ClN3O2/c1-13(5-2-6-19-8-13)16-12(18)10-7-9(14)3-4-11(10)17-15/h3-4,7,17H,2,5-6,8,15H2,1H3,(H,16,18). The zero-order valence-corrected chi connectivity index (χ0v) is 11.6. The van der Waals surface area contributed by atoms with Gasteiger partial charge in [-0.2, -0.15) is 0 Å². The molecule has 0 saturated carbocycles. The van der Waals surface area contributed by atoms with E-state index in [0.29, 0.717) is 22.9 Å². The first-order valence-electron chi connectivity index (χ1n) is 6.20. The highest BCUT2D eigenvalue weighted by Crippen LogP contribution is 2.23. The molecule has 1 heterocycles. The Morgan fingerprint density at radius 3 is 2.95 bits per heavy atom. The average molecular weight is 284 g/mol. The molecule has 1 aliphatic rings. The van der Waals surface area contributed by atoms with Gasteiger partial charge in [-0.25, -0.2) is 0 Å². The number of amides is 1. The number of carbonyl (C=O) groups excluding carboxylic acids is 1. The zero-order valence-electron chi connectivity index (χ0n) is 10.8. The second kappa shape index (κ2) is 5.77. The Morgan fingerprint density at radius 2 is 2.32 bits per heavy atom. The van der Waals surface area contributed by atoms with E-state index in [1.165, 1.54) is 0 Å². The highest BCUT2D eigenvalue weighted by atomic mass is 35.5. The van der Waals surface area contributed by atoms with E-state index in [1.54, 1.807) is 18.2 Å². The molecule has 0 aromatic heterocycles. The maximum Gasteiger partial charge on any atom is 0.253 e. The Labute approximate surface area is 117 Å². The number of halogens is 1. The van der Waals surface area contributed by atoms with Crippen LogP contribution in [-0.2, 0) is 4.74 Å². The maximum atomic E-state index is 12.3. The average Bonchev–Trinajstić information content (AvgIpc) is 2.39. The predicted molar refractivity (Wildman–Crippen MR) is 75.2 cm³/mol. The highest BCUT2D eigenvalue weighted by molar-refractivity contribution is 6.31. The van der Waals surface area contributed by atoms with E-state index in [1.807, 2.05) is 6.92 Å². The third-order valence-electron chi connectivity index (χ3n) is 3.23. The lowest BCUT2D eigenvalue weighted by Crippen LogP contribution is -2.51. The van der Waals surface area contributed by atoms with Crippen molar-refractivity contribution in [3.8, 4) is 0 Å². The van der Waals surface area contributed by atoms with Crippen LogP contribution in [0.1, 0.15) is 30.1 Å². The van der Waals surface area contributed by atoms with E-state index >= 15 is 0 Å². The number of hydrogen-bond acceptors (Lipinski definition) is 4. The molecule has 1 aromatic carbocycles. The summed E-state index contributed by atoms with van der Waals surface area (Å²) < 4.78 is 5.42. The molecule has 1 saturated heterocycles. The number of rotatable bonds is 3. The number of ether oxygens (including phenoxy) is 1. The third kappa shape index (κ3) is 3.37. The SMILES string of the molecule is CC1(NC(=O)c2cc(Cl)ccc2NN)CCCOC1. The summed E-state index contributed by atoms with van der Waals surface area (Å²) in [5.74, 6) is 5.20. The molecule has 2 rings (SSSR count). The van der Waals surface area contributed by atoms with Gasteiger partial charge < -0.3 is 15.5 Å². The number of carbonyl (C=O) groups is 1. The van der Waals surface area contributed by atoms with Gasteiger partial charge in [-0.15, -0.1) is 0 Å². The fourth-order valence-corrected chi connectivity index (χ4v) is 2.38. The number of hydrogen-bond donors (Lipinski definition) is 3. The second-order valence-electron chi connectivity index (χ2n) is 5.01. The van der Waals surface area contributed by atoms with Crippen molar-refractivity contribution in [1.29, 1.82) is 0 Å². The minimum absolute atomic E-state index is 0.205. The fourth-order valence-electron chi connectivity index (χ4n) is 2.20. The van der Waals surface area contributed by atoms with Crippen molar-refractivity contribution >= 4 is 23.2 Å². The molecule has 1 amide bonds. The van der Waals surface area contributed by atoms with Gasteiger partial charge in [0.2, 0.25) is 0 Å². The summed E-state index contributed by atoms with van der Waals surface area (Å²) in [5.41, 5.74) is 3.13. The topological polar surface area (TPSA) is 76.4 Å². The summed E-state index contributed by atoms with van der Waals surface area (Å²) in [7, 11) is 0. The molecular formula is C13H18ClN3O2. The summed E-state index contributed by atoms with van der Waals surface area (Å²) in [4.78, 5) is 12.3. The van der Waals surface area contributed by atoms with Gasteiger partial charge in [0.1, 0.15) is 0 Å². The summed E-state index contributed by atoms with van der Waals surface area (Å²) >= 11 is 5.92. The van der Waals surface area contributed by atoms with Gasteiger partial charge in [0.15, 0.2) is 0 Å². The van der Waals surface area contributed by atoms with Crippen LogP contribution in [0.3, 0.4) is 0 Å². The van der Waals surface area contributed by atoms with Crippen LogP contribution in [0.25, 0.3) is 0 Å². The molecular weight excluding hydrogens is 266 g/mol. The number of anilines is 1. The minimum atomic E-state index is -0.344. The van der Waals surface area contributed by atoms with Gasteiger partial charge in [-0.05, 0) is 38.0 Å². The number of hydrazine groups is 1. The zero-order chi connectivity index (χ0) is 13.9. The first kappa shape index (κ1) is 14.1. The van der Waals surface area contributed by atoms with E-state index in [0.717, 1.165) is 19.4 Å². The predicted octanol–water partition coefficient (Wildman–Crippen LogP) is 1.92. The van der Waals surface area contributed by atoms with Crippen LogP contribution in [0, 0.1) is 0 Å². The lowest BCUT2D eigenvalue weighted by molar-refractivity contribution is 0.0273. The monoisotopic (exact) mass is 283 g/mol. The van der Waals surface area contributed by atoms with Crippen LogP contribution in [0.15, 0.2) is 18.2 Å². The second-order valence-corrected chi connectivity index (χ2v) is 5.44. The van der Waals surface area contributed by atoms with Crippen LogP contribution in [0.2, 0.25) is 5.02 Å². The van der Waals surface area contributed by atoms with Crippen LogP contribution < -0.4 is 16.6 Å². The Balaban J connectivity index is 2.17. The van der Waals surface area contributed by atoms with Crippen molar-refractivity contribution in [2.45, 2.75) is 25.3 Å². The van der Waals surface area contributed by atoms with E-state index in [-0.39, 0.29) is 11.4 Å². The number of benzene rings is 1. The van der Waals surface area contributed by atoms with E-state index in [2.05, 4.69) is 10.7 Å². The van der Waals surface area contributed by atoms with E-state index in [9.17, 15) is 4.79 Å². The van der Waals surface area contributed by atoms with Crippen molar-refractivity contribution in [2.24, 2.45) is 5.84 Å². The molecule has 1 aromatic rings. The van der Waals surface area contributed by atoms with Crippen LogP contribution in [0.4, 0.5) is 5.69 Å². The van der Waals surface area contributed by atoms with Crippen molar-refractivity contribution in [3.05, 3.63) is 28.8 Å². The third-order valence-corrected chi connectivity index (χ3v) is 3.47. The largest absolute Gasteiger partial charge is 0.379 e. The van der Waals surface area contributed by atoms with Gasteiger partial charge in [-0.3, -0.25) is 10.6 Å². The first-order valence-corrected chi connectivity index (χ1v) is 6.58. The van der Waals surface area contributed by atoms with Gasteiger partial charge >= 0.3 is 0 Å². The molecule has 1 atom stereocenters. The van der Waals surface area contributed by atoms with Crippen LogP contribution >= 0.6 is 11.6 Å². The molecule has 1 aliphatic heterocycles. The van der Waals surface area contributed by atoms with Crippen LogP contribution in [0.5, 0.6) is 0 Å². The minimum Gasteiger partial charge on any atom is -0.379 e. The molecule has 5 nitrogen and oxygen atoms in total. The van der Waals surface area contributed by atoms with Gasteiger partial charge in [0, 0.05) is 11.6 Å². The molecule has 0 aliphatic carbocycles. The number of nitrogens with two attached hydrogens (primary N) is 1.